The average Bonchev–Trinajstić information content (AvgIpc) is 2.72. The number of nitrogens with one attached hydrogen (secondary N) is 1. The van der Waals surface area contributed by atoms with E-state index in [1.165, 1.54) is 10.9 Å². The standard InChI is InChI=1S/C17H25NO/c1-6-18-14(11-17(3,4)5)15-10-13-9-7-8-12(2)16(13)19-15/h7-10,14,18H,6,11H2,1-5H3. The van der Waals surface area contributed by atoms with Crippen LogP contribution in [0.15, 0.2) is 28.7 Å². The molecule has 0 aliphatic heterocycles. The Morgan fingerprint density at radius 3 is 2.58 bits per heavy atom. The van der Waals surface area contributed by atoms with Gasteiger partial charge < -0.3 is 9.73 Å². The molecule has 0 saturated heterocycles. The molecule has 2 heteroatoms. The van der Waals surface area contributed by atoms with Crippen molar-refractivity contribution in [2.24, 2.45) is 5.41 Å². The minimum atomic E-state index is 0.279. The summed E-state index contributed by atoms with van der Waals surface area (Å²) in [5.74, 6) is 1.06. The molecule has 1 atom stereocenters. The van der Waals surface area contributed by atoms with Crippen molar-refractivity contribution >= 4 is 11.0 Å². The highest BCUT2D eigenvalue weighted by molar-refractivity contribution is 5.81. The van der Waals surface area contributed by atoms with Crippen LogP contribution in [0.1, 0.15) is 51.5 Å². The topological polar surface area (TPSA) is 25.2 Å². The van der Waals surface area contributed by atoms with Crippen molar-refractivity contribution < 1.29 is 4.42 Å². The summed E-state index contributed by atoms with van der Waals surface area (Å²) < 4.78 is 6.10. The Morgan fingerprint density at radius 2 is 2.00 bits per heavy atom. The van der Waals surface area contributed by atoms with E-state index in [4.69, 9.17) is 4.42 Å². The molecule has 1 unspecified atom stereocenters. The summed E-state index contributed by atoms with van der Waals surface area (Å²) in [5, 5.41) is 4.74. The maximum Gasteiger partial charge on any atom is 0.137 e. The zero-order chi connectivity index (χ0) is 14.0. The van der Waals surface area contributed by atoms with Gasteiger partial charge in [0, 0.05) is 5.39 Å². The second-order valence-corrected chi connectivity index (χ2v) is 6.52. The lowest BCUT2D eigenvalue weighted by Gasteiger charge is -2.25. The van der Waals surface area contributed by atoms with Crippen LogP contribution in [0.3, 0.4) is 0 Å². The van der Waals surface area contributed by atoms with Gasteiger partial charge >= 0.3 is 0 Å². The lowest BCUT2D eigenvalue weighted by Crippen LogP contribution is -2.25. The van der Waals surface area contributed by atoms with E-state index in [0.29, 0.717) is 0 Å². The first-order valence-corrected chi connectivity index (χ1v) is 7.13. The molecule has 0 radical (unpaired) electrons. The van der Waals surface area contributed by atoms with E-state index in [9.17, 15) is 0 Å². The fourth-order valence-corrected chi connectivity index (χ4v) is 2.53. The lowest BCUT2D eigenvalue weighted by atomic mass is 9.87. The van der Waals surface area contributed by atoms with Gasteiger partial charge in [-0.1, -0.05) is 45.9 Å². The minimum absolute atomic E-state index is 0.279. The monoisotopic (exact) mass is 259 g/mol. The fourth-order valence-electron chi connectivity index (χ4n) is 2.53. The van der Waals surface area contributed by atoms with Crippen LogP contribution in [0.25, 0.3) is 11.0 Å². The normalized spacial score (nSPS) is 13.9. The highest BCUT2D eigenvalue weighted by atomic mass is 16.3. The van der Waals surface area contributed by atoms with Gasteiger partial charge in [0.05, 0.1) is 6.04 Å². The van der Waals surface area contributed by atoms with Crippen LogP contribution < -0.4 is 5.32 Å². The largest absolute Gasteiger partial charge is 0.459 e. The van der Waals surface area contributed by atoms with E-state index in [0.717, 1.165) is 24.3 Å². The quantitative estimate of drug-likeness (QED) is 0.851. The highest BCUT2D eigenvalue weighted by Crippen LogP contribution is 2.33. The lowest BCUT2D eigenvalue weighted by molar-refractivity contribution is 0.289. The number of hydrogen-bond donors (Lipinski definition) is 1. The molecule has 0 spiro atoms. The molecule has 1 N–H and O–H groups in total. The Morgan fingerprint density at radius 1 is 1.26 bits per heavy atom. The van der Waals surface area contributed by atoms with Crippen molar-refractivity contribution in [1.82, 2.24) is 5.32 Å². The Labute approximate surface area is 116 Å². The third-order valence-electron chi connectivity index (χ3n) is 3.37. The Kier molecular flexibility index (Phi) is 4.00. The van der Waals surface area contributed by atoms with Crippen molar-refractivity contribution in [3.8, 4) is 0 Å². The molecule has 1 heterocycles. The van der Waals surface area contributed by atoms with Crippen molar-refractivity contribution in [3.05, 3.63) is 35.6 Å². The van der Waals surface area contributed by atoms with Gasteiger partial charge in [-0.3, -0.25) is 0 Å². The Balaban J connectivity index is 2.36. The molecule has 19 heavy (non-hydrogen) atoms. The number of rotatable bonds is 4. The van der Waals surface area contributed by atoms with E-state index in [1.54, 1.807) is 0 Å². The van der Waals surface area contributed by atoms with Gasteiger partial charge in [0.15, 0.2) is 0 Å². The maximum absolute atomic E-state index is 6.10. The van der Waals surface area contributed by atoms with Gasteiger partial charge in [-0.15, -0.1) is 0 Å². The smallest absolute Gasteiger partial charge is 0.137 e. The van der Waals surface area contributed by atoms with Crippen LogP contribution in [0.5, 0.6) is 0 Å². The summed E-state index contributed by atoms with van der Waals surface area (Å²) in [5.41, 5.74) is 2.50. The molecule has 2 nitrogen and oxygen atoms in total. The van der Waals surface area contributed by atoms with Crippen LogP contribution in [-0.2, 0) is 0 Å². The van der Waals surface area contributed by atoms with Crippen LogP contribution in [0.4, 0.5) is 0 Å². The third kappa shape index (κ3) is 3.38. The molecule has 104 valence electrons. The summed E-state index contributed by atoms with van der Waals surface area (Å²) in [7, 11) is 0. The van der Waals surface area contributed by atoms with Gasteiger partial charge in [-0.2, -0.15) is 0 Å². The van der Waals surface area contributed by atoms with E-state index in [1.807, 2.05) is 0 Å². The second-order valence-electron chi connectivity index (χ2n) is 6.52. The van der Waals surface area contributed by atoms with Crippen molar-refractivity contribution in [2.45, 2.75) is 47.1 Å². The molecule has 0 saturated carbocycles. The molecule has 0 amide bonds. The van der Waals surface area contributed by atoms with Gasteiger partial charge in [-0.05, 0) is 36.9 Å². The minimum Gasteiger partial charge on any atom is -0.459 e. The highest BCUT2D eigenvalue weighted by Gasteiger charge is 2.22. The number of aryl methyl sites for hydroxylation is 1. The summed E-state index contributed by atoms with van der Waals surface area (Å²) >= 11 is 0. The third-order valence-corrected chi connectivity index (χ3v) is 3.37. The molecule has 0 aliphatic rings. The van der Waals surface area contributed by atoms with E-state index >= 15 is 0 Å². The van der Waals surface area contributed by atoms with Crippen molar-refractivity contribution in [3.63, 3.8) is 0 Å². The van der Waals surface area contributed by atoms with Crippen LogP contribution in [0.2, 0.25) is 0 Å². The molecule has 2 aromatic rings. The van der Waals surface area contributed by atoms with Gasteiger partial charge in [-0.25, -0.2) is 0 Å². The van der Waals surface area contributed by atoms with E-state index in [2.05, 4.69) is 64.2 Å². The second kappa shape index (κ2) is 5.38. The van der Waals surface area contributed by atoms with Crippen molar-refractivity contribution in [1.29, 1.82) is 0 Å². The molecular formula is C17H25NO. The average molecular weight is 259 g/mol. The number of hydrogen-bond acceptors (Lipinski definition) is 2. The van der Waals surface area contributed by atoms with Gasteiger partial charge in [0.1, 0.15) is 11.3 Å². The molecule has 2 rings (SSSR count). The van der Waals surface area contributed by atoms with Crippen LogP contribution >= 0.6 is 0 Å². The predicted octanol–water partition coefficient (Wildman–Crippen LogP) is 4.83. The molecule has 0 aliphatic carbocycles. The summed E-state index contributed by atoms with van der Waals surface area (Å²) in [4.78, 5) is 0. The summed E-state index contributed by atoms with van der Waals surface area (Å²) in [6, 6.07) is 8.78. The molecule has 1 aromatic heterocycles. The van der Waals surface area contributed by atoms with Crippen LogP contribution in [-0.4, -0.2) is 6.54 Å². The van der Waals surface area contributed by atoms with Crippen molar-refractivity contribution in [2.75, 3.05) is 6.54 Å². The Bertz CT molecular complexity index is 548. The zero-order valence-corrected chi connectivity index (χ0v) is 12.7. The maximum atomic E-state index is 6.10. The first-order chi connectivity index (χ1) is 8.90. The molecule has 0 fully saturated rings. The first-order valence-electron chi connectivity index (χ1n) is 7.13. The van der Waals surface area contributed by atoms with Gasteiger partial charge in [0.2, 0.25) is 0 Å². The fraction of sp³-hybridized carbons (Fsp3) is 0.529. The molecule has 1 aromatic carbocycles. The zero-order valence-electron chi connectivity index (χ0n) is 12.7. The summed E-state index contributed by atoms with van der Waals surface area (Å²) in [6.45, 7) is 12.0. The van der Waals surface area contributed by atoms with E-state index < -0.39 is 0 Å². The summed E-state index contributed by atoms with van der Waals surface area (Å²) in [6.07, 6.45) is 1.07. The van der Waals surface area contributed by atoms with Crippen LogP contribution in [0, 0.1) is 12.3 Å². The molecule has 0 bridgehead atoms. The number of fused-ring (bicyclic) bond motifs is 1. The predicted molar refractivity (Wildman–Crippen MR) is 81.4 cm³/mol. The number of para-hydroxylation sites is 1. The molecular weight excluding hydrogens is 234 g/mol. The Hall–Kier alpha value is -1.28. The number of furan rings is 1. The first kappa shape index (κ1) is 14.1. The van der Waals surface area contributed by atoms with E-state index in [-0.39, 0.29) is 11.5 Å². The SMILES string of the molecule is CCNC(CC(C)(C)C)c1cc2cccc(C)c2o1. The van der Waals surface area contributed by atoms with Gasteiger partial charge in [0.25, 0.3) is 0 Å². The number of benzene rings is 1.